The van der Waals surface area contributed by atoms with Crippen molar-refractivity contribution in [3.05, 3.63) is 29.5 Å². The molecule has 184 valence electrons. The van der Waals surface area contributed by atoms with Gasteiger partial charge >= 0.3 is 10.2 Å². The van der Waals surface area contributed by atoms with E-state index in [1.165, 1.54) is 38.6 Å². The van der Waals surface area contributed by atoms with Gasteiger partial charge in [-0.25, -0.2) is 12.7 Å². The van der Waals surface area contributed by atoms with Crippen LogP contribution in [0.25, 0.3) is 0 Å². The minimum Gasteiger partial charge on any atom is -0.504 e. The summed E-state index contributed by atoms with van der Waals surface area (Å²) in [6.07, 6.45) is 0.593. The topological polar surface area (TPSA) is 149 Å². The maximum absolute atomic E-state index is 12.5. The Morgan fingerprint density at radius 1 is 1.33 bits per heavy atom. The third-order valence-corrected chi connectivity index (χ3v) is 8.26. The quantitative estimate of drug-likeness (QED) is 0.411. The number of ether oxygens (including phenoxy) is 1. The molecule has 11 nitrogen and oxygen atoms in total. The number of nitrogens with zero attached hydrogens (tertiary/aromatic N) is 2. The molecule has 0 spiro atoms. The van der Waals surface area contributed by atoms with Gasteiger partial charge in [-0.05, 0) is 17.5 Å². The van der Waals surface area contributed by atoms with Crippen molar-refractivity contribution in [1.29, 1.82) is 0 Å². The standard InChI is InChI=1S/C19H28ClN5O6S2/c1-19(2,3)16(13-9-11(20)10-31-13)22-18-17(23-33(29,30)24-18)21-12-7-6-8-14(15(12)26)32(27,28)25(4)5/h6-8,10,13,16,18,22,24,26H,9H2,1-5H3,(H,21,23)/t13?,16-,18?/m0/s1. The molecule has 4 N–H and O–H groups in total. The van der Waals surface area contributed by atoms with Crippen molar-refractivity contribution in [2.45, 2.75) is 50.4 Å². The molecule has 0 radical (unpaired) electrons. The van der Waals surface area contributed by atoms with Crippen molar-refractivity contribution in [1.82, 2.24) is 14.3 Å². The summed E-state index contributed by atoms with van der Waals surface area (Å²) in [5.41, 5.74) is -0.377. The number of hydrogen-bond donors (Lipinski definition) is 4. The molecular formula is C19H28ClN5O6S2. The van der Waals surface area contributed by atoms with Crippen LogP contribution in [-0.2, 0) is 25.0 Å². The molecule has 0 aromatic heterocycles. The highest BCUT2D eigenvalue weighted by molar-refractivity contribution is 7.89. The first kappa shape index (κ1) is 25.7. The molecule has 33 heavy (non-hydrogen) atoms. The minimum absolute atomic E-state index is 0.0171. The molecule has 0 aliphatic carbocycles. The van der Waals surface area contributed by atoms with Crippen LogP contribution in [0.1, 0.15) is 27.2 Å². The van der Waals surface area contributed by atoms with Crippen LogP contribution in [0.3, 0.4) is 0 Å². The molecule has 0 amide bonds. The minimum atomic E-state index is -4.03. The molecule has 3 atom stereocenters. The lowest BCUT2D eigenvalue weighted by atomic mass is 9.82. The molecule has 2 unspecified atom stereocenters. The zero-order valence-corrected chi connectivity index (χ0v) is 21.2. The van der Waals surface area contributed by atoms with Gasteiger partial charge in [0.15, 0.2) is 11.6 Å². The number of halogens is 1. The van der Waals surface area contributed by atoms with E-state index in [2.05, 4.69) is 19.8 Å². The van der Waals surface area contributed by atoms with E-state index in [1.807, 2.05) is 20.8 Å². The second-order valence-corrected chi connectivity index (χ2v) is 13.0. The zero-order chi connectivity index (χ0) is 24.8. The van der Waals surface area contributed by atoms with E-state index in [1.54, 1.807) is 0 Å². The summed E-state index contributed by atoms with van der Waals surface area (Å²) >= 11 is 6.07. The van der Waals surface area contributed by atoms with Crippen LogP contribution >= 0.6 is 11.6 Å². The second kappa shape index (κ2) is 9.04. The highest BCUT2D eigenvalue weighted by Crippen LogP contribution is 2.34. The Kier molecular flexibility index (Phi) is 7.05. The molecule has 0 fully saturated rings. The van der Waals surface area contributed by atoms with Crippen molar-refractivity contribution >= 4 is 43.4 Å². The van der Waals surface area contributed by atoms with Gasteiger partial charge in [-0.3, -0.25) is 5.32 Å². The van der Waals surface area contributed by atoms with Crippen LogP contribution < -0.4 is 15.4 Å². The molecule has 2 aliphatic rings. The van der Waals surface area contributed by atoms with Gasteiger partial charge in [-0.15, -0.1) is 4.40 Å². The molecule has 1 aromatic carbocycles. The number of amidine groups is 1. The maximum atomic E-state index is 12.5. The summed E-state index contributed by atoms with van der Waals surface area (Å²) in [7, 11) is -5.29. The summed E-state index contributed by atoms with van der Waals surface area (Å²) in [5.74, 6) is -0.615. The smallest absolute Gasteiger partial charge is 0.323 e. The number of anilines is 1. The number of phenols is 1. The molecule has 1 aromatic rings. The van der Waals surface area contributed by atoms with Crippen molar-refractivity contribution in [3.8, 4) is 5.75 Å². The van der Waals surface area contributed by atoms with Crippen LogP contribution in [0.15, 0.2) is 38.8 Å². The summed E-state index contributed by atoms with van der Waals surface area (Å²) in [6.45, 7) is 5.90. The van der Waals surface area contributed by atoms with Crippen molar-refractivity contribution in [3.63, 3.8) is 0 Å². The van der Waals surface area contributed by atoms with Gasteiger partial charge in [0, 0.05) is 20.5 Å². The van der Waals surface area contributed by atoms with Gasteiger partial charge in [0.2, 0.25) is 10.0 Å². The monoisotopic (exact) mass is 521 g/mol. The molecule has 2 aliphatic heterocycles. The lowest BCUT2D eigenvalue weighted by molar-refractivity contribution is 0.0692. The summed E-state index contributed by atoms with van der Waals surface area (Å²) < 4.78 is 62.2. The highest BCUT2D eigenvalue weighted by Gasteiger charge is 2.41. The first-order chi connectivity index (χ1) is 15.1. The Balaban J connectivity index is 1.91. The summed E-state index contributed by atoms with van der Waals surface area (Å²) in [4.78, 5) is -0.330. The van der Waals surface area contributed by atoms with E-state index >= 15 is 0 Å². The van der Waals surface area contributed by atoms with Gasteiger partial charge in [-0.2, -0.15) is 13.1 Å². The Bertz CT molecular complexity index is 1190. The molecule has 0 saturated carbocycles. The lowest BCUT2D eigenvalue weighted by Gasteiger charge is -2.37. The first-order valence-electron chi connectivity index (χ1n) is 10.0. The van der Waals surface area contributed by atoms with E-state index < -0.39 is 32.1 Å². The number of hydrogen-bond acceptors (Lipinski definition) is 8. The largest absolute Gasteiger partial charge is 0.504 e. The fourth-order valence-corrected chi connectivity index (χ4v) is 5.67. The van der Waals surface area contributed by atoms with Crippen LogP contribution in [0.4, 0.5) is 5.69 Å². The molecule has 0 bridgehead atoms. The Labute approximate surface area is 199 Å². The Morgan fingerprint density at radius 3 is 2.55 bits per heavy atom. The summed E-state index contributed by atoms with van der Waals surface area (Å²) in [6, 6.07) is 3.74. The number of benzene rings is 1. The van der Waals surface area contributed by atoms with E-state index in [0.717, 1.165) is 4.31 Å². The number of sulfonamides is 1. The number of rotatable bonds is 6. The predicted octanol–water partition coefficient (Wildman–Crippen LogP) is 1.50. The van der Waals surface area contributed by atoms with Crippen molar-refractivity contribution < 1.29 is 26.7 Å². The molecule has 14 heteroatoms. The van der Waals surface area contributed by atoms with Crippen LogP contribution in [0.5, 0.6) is 5.75 Å². The second-order valence-electron chi connectivity index (χ2n) is 9.02. The fraction of sp³-hybridized carbons (Fsp3) is 0.526. The van der Waals surface area contributed by atoms with Gasteiger partial charge in [0.25, 0.3) is 0 Å². The normalized spacial score (nSPS) is 23.7. The van der Waals surface area contributed by atoms with Crippen LogP contribution in [0.2, 0.25) is 0 Å². The fourth-order valence-electron chi connectivity index (χ4n) is 3.53. The van der Waals surface area contributed by atoms with Gasteiger partial charge in [0.1, 0.15) is 17.2 Å². The van der Waals surface area contributed by atoms with E-state index in [-0.39, 0.29) is 34.0 Å². The van der Waals surface area contributed by atoms with E-state index in [0.29, 0.717) is 11.5 Å². The van der Waals surface area contributed by atoms with Gasteiger partial charge in [-0.1, -0.05) is 38.4 Å². The number of aromatic hydroxyl groups is 1. The predicted molar refractivity (Wildman–Crippen MR) is 126 cm³/mol. The van der Waals surface area contributed by atoms with Gasteiger partial charge < -0.3 is 15.2 Å². The number of nitrogens with one attached hydrogen (secondary N) is 3. The SMILES string of the molecule is CN(C)S(=O)(=O)c1cccc(NC2=NS(=O)(=O)NC2N[C@@H](C2CC(Cl)=CO2)C(C)(C)C)c1O. The number of phenolic OH excluding ortho intramolecular Hbond substituents is 1. The first-order valence-corrected chi connectivity index (χ1v) is 13.3. The third kappa shape index (κ3) is 5.61. The Morgan fingerprint density at radius 2 is 2.00 bits per heavy atom. The van der Waals surface area contributed by atoms with Crippen LogP contribution in [-0.4, -0.2) is 64.5 Å². The van der Waals surface area contributed by atoms with Crippen molar-refractivity contribution in [2.75, 3.05) is 19.4 Å². The molecular weight excluding hydrogens is 494 g/mol. The van der Waals surface area contributed by atoms with Gasteiger partial charge in [0.05, 0.1) is 23.0 Å². The molecule has 3 rings (SSSR count). The molecule has 2 heterocycles. The lowest BCUT2D eigenvalue weighted by Crippen LogP contribution is -2.58. The summed E-state index contributed by atoms with van der Waals surface area (Å²) in [5, 5.41) is 17.1. The average molecular weight is 522 g/mol. The zero-order valence-electron chi connectivity index (χ0n) is 18.8. The van der Waals surface area contributed by atoms with Crippen molar-refractivity contribution in [2.24, 2.45) is 9.81 Å². The molecule has 0 saturated heterocycles. The highest BCUT2D eigenvalue weighted by atomic mass is 35.5. The third-order valence-electron chi connectivity index (χ3n) is 5.20. The van der Waals surface area contributed by atoms with E-state index in [9.17, 15) is 21.9 Å². The maximum Gasteiger partial charge on any atom is 0.323 e. The number of para-hydroxylation sites is 1. The average Bonchev–Trinajstić information content (AvgIpc) is 3.22. The Hall–Kier alpha value is -1.90. The van der Waals surface area contributed by atoms with Crippen LogP contribution in [0, 0.1) is 5.41 Å². The van der Waals surface area contributed by atoms with E-state index in [4.69, 9.17) is 16.3 Å².